The Labute approximate surface area is 99.3 Å². The van der Waals surface area contributed by atoms with Crippen LogP contribution in [0, 0.1) is 0 Å². The van der Waals surface area contributed by atoms with E-state index in [4.69, 9.17) is 10.8 Å². The number of carboxylic acids is 1. The Kier molecular flexibility index (Phi) is 5.46. The Morgan fingerprint density at radius 2 is 1.82 bits per heavy atom. The summed E-state index contributed by atoms with van der Waals surface area (Å²) in [4.78, 5) is 16.8. The van der Waals surface area contributed by atoms with Gasteiger partial charge in [0.05, 0.1) is 6.33 Å². The minimum atomic E-state index is -1.00. The first-order valence-corrected chi connectivity index (χ1v) is 5.16. The first-order chi connectivity index (χ1) is 8.20. The highest BCUT2D eigenvalue weighted by atomic mass is 16.4. The topological polar surface area (TPSA) is 92.0 Å². The standard InChI is InChI=1S/C6H9N3O2.C6H6/c7-5(6(10)11)1-4-2-8-3-9-4;1-2-4-6-5-3-1/h2-3,5H,1,7H2,(H,8,9)(H,10,11);1-6H. The molecule has 1 aromatic carbocycles. The second-order valence-electron chi connectivity index (χ2n) is 3.38. The van der Waals surface area contributed by atoms with Crippen molar-refractivity contribution in [2.75, 3.05) is 0 Å². The summed E-state index contributed by atoms with van der Waals surface area (Å²) in [5.41, 5.74) is 6.00. The van der Waals surface area contributed by atoms with Crippen LogP contribution >= 0.6 is 0 Å². The monoisotopic (exact) mass is 233 g/mol. The van der Waals surface area contributed by atoms with Crippen molar-refractivity contribution >= 4 is 5.97 Å². The van der Waals surface area contributed by atoms with Crippen molar-refractivity contribution < 1.29 is 9.90 Å². The van der Waals surface area contributed by atoms with Gasteiger partial charge in [0.2, 0.25) is 0 Å². The van der Waals surface area contributed by atoms with Crippen molar-refractivity contribution in [2.24, 2.45) is 5.73 Å². The van der Waals surface area contributed by atoms with Gasteiger partial charge in [-0.05, 0) is 0 Å². The van der Waals surface area contributed by atoms with Crippen molar-refractivity contribution in [1.29, 1.82) is 0 Å². The molecule has 0 aliphatic carbocycles. The first-order valence-electron chi connectivity index (χ1n) is 5.16. The maximum atomic E-state index is 10.3. The molecule has 17 heavy (non-hydrogen) atoms. The van der Waals surface area contributed by atoms with Crippen LogP contribution < -0.4 is 5.73 Å². The van der Waals surface area contributed by atoms with Gasteiger partial charge in [0.15, 0.2) is 0 Å². The van der Waals surface area contributed by atoms with E-state index in [2.05, 4.69) is 9.97 Å². The molecule has 0 saturated carbocycles. The summed E-state index contributed by atoms with van der Waals surface area (Å²) in [7, 11) is 0. The smallest absolute Gasteiger partial charge is 0.320 e. The first kappa shape index (κ1) is 12.9. The van der Waals surface area contributed by atoms with E-state index in [1.807, 2.05) is 36.4 Å². The number of hydrogen-bond acceptors (Lipinski definition) is 3. The number of aromatic amines is 1. The number of carbonyl (C=O) groups is 1. The summed E-state index contributed by atoms with van der Waals surface area (Å²) < 4.78 is 0. The molecule has 0 saturated heterocycles. The number of nitrogens with one attached hydrogen (secondary N) is 1. The Bertz CT molecular complexity index is 388. The minimum absolute atomic E-state index is 0.287. The van der Waals surface area contributed by atoms with E-state index in [1.54, 1.807) is 6.20 Å². The van der Waals surface area contributed by atoms with Gasteiger partial charge in [0.1, 0.15) is 6.04 Å². The number of imidazole rings is 1. The Morgan fingerprint density at radius 1 is 1.29 bits per heavy atom. The van der Waals surface area contributed by atoms with Crippen LogP contribution in [0.1, 0.15) is 5.69 Å². The van der Waals surface area contributed by atoms with Gasteiger partial charge in [-0.3, -0.25) is 4.79 Å². The molecule has 90 valence electrons. The zero-order chi connectivity index (χ0) is 12.5. The summed E-state index contributed by atoms with van der Waals surface area (Å²) in [6.45, 7) is 0. The van der Waals surface area contributed by atoms with Crippen LogP contribution in [-0.4, -0.2) is 27.1 Å². The predicted octanol–water partition coefficient (Wildman–Crippen LogP) is 1.05. The molecule has 5 heteroatoms. The van der Waals surface area contributed by atoms with Gasteiger partial charge in [-0.15, -0.1) is 0 Å². The molecule has 0 fully saturated rings. The lowest BCUT2D eigenvalue weighted by Gasteiger charge is -2.02. The molecule has 4 N–H and O–H groups in total. The van der Waals surface area contributed by atoms with Crippen molar-refractivity contribution in [2.45, 2.75) is 12.5 Å². The highest BCUT2D eigenvalue weighted by Crippen LogP contribution is 1.95. The molecule has 5 nitrogen and oxygen atoms in total. The Balaban J connectivity index is 0.000000202. The van der Waals surface area contributed by atoms with Gasteiger partial charge in [0, 0.05) is 18.3 Å². The number of rotatable bonds is 3. The molecule has 0 bridgehead atoms. The summed E-state index contributed by atoms with van der Waals surface area (Å²) in [5.74, 6) is -1.00. The number of hydrogen-bond donors (Lipinski definition) is 3. The van der Waals surface area contributed by atoms with Gasteiger partial charge >= 0.3 is 5.97 Å². The van der Waals surface area contributed by atoms with E-state index in [0.29, 0.717) is 0 Å². The van der Waals surface area contributed by atoms with Crippen LogP contribution in [0.3, 0.4) is 0 Å². The fraction of sp³-hybridized carbons (Fsp3) is 0.167. The Morgan fingerprint density at radius 3 is 2.18 bits per heavy atom. The van der Waals surface area contributed by atoms with E-state index in [0.717, 1.165) is 5.69 Å². The second kappa shape index (κ2) is 7.19. The summed E-state index contributed by atoms with van der Waals surface area (Å²) in [6.07, 6.45) is 3.34. The van der Waals surface area contributed by atoms with Crippen molar-refractivity contribution in [3.05, 3.63) is 54.6 Å². The summed E-state index contributed by atoms with van der Waals surface area (Å²) in [6, 6.07) is 11.1. The third-order valence-corrected chi connectivity index (χ3v) is 1.98. The predicted molar refractivity (Wildman–Crippen MR) is 64.3 cm³/mol. The highest BCUT2D eigenvalue weighted by Gasteiger charge is 2.11. The van der Waals surface area contributed by atoms with Crippen LogP contribution in [0.4, 0.5) is 0 Å². The van der Waals surface area contributed by atoms with E-state index in [9.17, 15) is 4.79 Å². The van der Waals surface area contributed by atoms with E-state index in [-0.39, 0.29) is 6.42 Å². The fourth-order valence-corrected chi connectivity index (χ4v) is 1.11. The number of carboxylic acid groups (broad SMARTS) is 1. The molecule has 0 spiro atoms. The van der Waals surface area contributed by atoms with E-state index in [1.165, 1.54) is 6.33 Å². The average molecular weight is 233 g/mol. The molecule has 1 unspecified atom stereocenters. The lowest BCUT2D eigenvalue weighted by Crippen LogP contribution is -2.32. The second-order valence-corrected chi connectivity index (χ2v) is 3.38. The molecule has 0 aliphatic rings. The molecule has 2 aromatic rings. The minimum Gasteiger partial charge on any atom is -0.480 e. The summed E-state index contributed by atoms with van der Waals surface area (Å²) >= 11 is 0. The zero-order valence-electron chi connectivity index (χ0n) is 9.28. The molecule has 1 atom stereocenters. The number of nitrogens with zero attached hydrogens (tertiary/aromatic N) is 1. The number of aromatic nitrogens is 2. The molecule has 1 heterocycles. The molecule has 0 radical (unpaired) electrons. The average Bonchev–Trinajstić information content (AvgIpc) is 2.85. The third-order valence-electron chi connectivity index (χ3n) is 1.98. The number of benzene rings is 1. The largest absolute Gasteiger partial charge is 0.480 e. The van der Waals surface area contributed by atoms with Crippen molar-refractivity contribution in [3.63, 3.8) is 0 Å². The number of nitrogens with two attached hydrogens (primary N) is 1. The van der Waals surface area contributed by atoms with Crippen molar-refractivity contribution in [3.8, 4) is 0 Å². The Hall–Kier alpha value is -2.14. The van der Waals surface area contributed by atoms with Gasteiger partial charge in [-0.2, -0.15) is 0 Å². The van der Waals surface area contributed by atoms with Gasteiger partial charge in [-0.1, -0.05) is 36.4 Å². The van der Waals surface area contributed by atoms with Gasteiger partial charge < -0.3 is 15.8 Å². The summed E-state index contributed by atoms with van der Waals surface area (Å²) in [5, 5.41) is 8.42. The number of aliphatic carboxylic acids is 1. The van der Waals surface area contributed by atoms with E-state index < -0.39 is 12.0 Å². The molecule has 0 aliphatic heterocycles. The molecule has 0 amide bonds. The van der Waals surface area contributed by atoms with Crippen LogP contribution in [0.15, 0.2) is 48.9 Å². The lowest BCUT2D eigenvalue weighted by atomic mass is 10.2. The fourth-order valence-electron chi connectivity index (χ4n) is 1.11. The quantitative estimate of drug-likeness (QED) is 0.738. The van der Waals surface area contributed by atoms with Crippen LogP contribution in [0.25, 0.3) is 0 Å². The van der Waals surface area contributed by atoms with Gasteiger partial charge in [0.25, 0.3) is 0 Å². The van der Waals surface area contributed by atoms with Crippen LogP contribution in [-0.2, 0) is 11.2 Å². The van der Waals surface area contributed by atoms with Crippen LogP contribution in [0.2, 0.25) is 0 Å². The molecular weight excluding hydrogens is 218 g/mol. The SMILES string of the molecule is NC(Cc1cnc[nH]1)C(=O)O.c1ccccc1. The lowest BCUT2D eigenvalue weighted by molar-refractivity contribution is -0.138. The molecule has 2 rings (SSSR count). The van der Waals surface area contributed by atoms with Crippen molar-refractivity contribution in [1.82, 2.24) is 9.97 Å². The third kappa shape index (κ3) is 5.48. The maximum absolute atomic E-state index is 10.3. The number of H-pyrrole nitrogens is 1. The molecule has 1 aromatic heterocycles. The van der Waals surface area contributed by atoms with E-state index >= 15 is 0 Å². The maximum Gasteiger partial charge on any atom is 0.320 e. The molecular formula is C12H15N3O2. The highest BCUT2D eigenvalue weighted by molar-refractivity contribution is 5.73. The normalized spacial score (nSPS) is 11.1. The zero-order valence-corrected chi connectivity index (χ0v) is 9.28. The van der Waals surface area contributed by atoms with Crippen LogP contribution in [0.5, 0.6) is 0 Å². The van der Waals surface area contributed by atoms with Gasteiger partial charge in [-0.25, -0.2) is 4.98 Å².